The second-order valence-electron chi connectivity index (χ2n) is 9.43. The molecule has 3 unspecified atom stereocenters. The van der Waals surface area contributed by atoms with Crippen molar-refractivity contribution < 1.29 is 39.6 Å². The van der Waals surface area contributed by atoms with Gasteiger partial charge in [0.15, 0.2) is 0 Å². The van der Waals surface area contributed by atoms with Crippen LogP contribution in [-0.4, -0.2) is 134 Å². The van der Waals surface area contributed by atoms with Gasteiger partial charge in [-0.25, -0.2) is 4.79 Å². The molecule has 0 radical (unpaired) electrons. The standard InChI is InChI=1S/C25H38N4O8/c1-17(22(30)31)27-10-8-26(16-20-4-6-21(7-5-20)25(36)37)9-11-28(18(2)23(32)33)13-15-29(14-12-27)19(3)24(34)35/h4-7,17-19H,8-16H2,1-3H3,(H,30,31)(H,32,33)(H,34,35)(H,36,37). The third kappa shape index (κ3) is 9.08. The first-order valence-electron chi connectivity index (χ1n) is 12.4. The third-order valence-electron chi connectivity index (χ3n) is 7.08. The fraction of sp³-hybridized carbons (Fsp3) is 0.600. The molecule has 4 N–H and O–H groups in total. The Morgan fingerprint density at radius 1 is 0.622 bits per heavy atom. The van der Waals surface area contributed by atoms with Gasteiger partial charge in [-0.15, -0.1) is 0 Å². The highest BCUT2D eigenvalue weighted by molar-refractivity contribution is 5.87. The van der Waals surface area contributed by atoms with E-state index in [2.05, 4.69) is 4.90 Å². The molecule has 206 valence electrons. The Morgan fingerprint density at radius 2 is 0.946 bits per heavy atom. The summed E-state index contributed by atoms with van der Waals surface area (Å²) in [6, 6.07) is 4.18. The van der Waals surface area contributed by atoms with Gasteiger partial charge in [0, 0.05) is 58.9 Å². The van der Waals surface area contributed by atoms with Gasteiger partial charge in [-0.05, 0) is 38.5 Å². The number of aromatic carboxylic acids is 1. The molecule has 3 atom stereocenters. The Labute approximate surface area is 216 Å². The highest BCUT2D eigenvalue weighted by Crippen LogP contribution is 2.12. The second-order valence-corrected chi connectivity index (χ2v) is 9.43. The van der Waals surface area contributed by atoms with E-state index in [1.54, 1.807) is 37.8 Å². The van der Waals surface area contributed by atoms with Crippen molar-refractivity contribution in [3.8, 4) is 0 Å². The molecule has 1 aliphatic rings. The van der Waals surface area contributed by atoms with Crippen molar-refractivity contribution in [2.24, 2.45) is 0 Å². The molecule has 0 aromatic heterocycles. The van der Waals surface area contributed by atoms with Crippen LogP contribution in [0.1, 0.15) is 36.7 Å². The lowest BCUT2D eigenvalue weighted by atomic mass is 10.1. The van der Waals surface area contributed by atoms with Crippen LogP contribution in [0.25, 0.3) is 0 Å². The van der Waals surface area contributed by atoms with Crippen molar-refractivity contribution >= 4 is 23.9 Å². The summed E-state index contributed by atoms with van der Waals surface area (Å²) in [6.45, 7) is 8.34. The summed E-state index contributed by atoms with van der Waals surface area (Å²) in [4.78, 5) is 53.9. The Bertz CT molecular complexity index is 905. The van der Waals surface area contributed by atoms with Crippen LogP contribution in [0, 0.1) is 0 Å². The maximum absolute atomic E-state index is 11.8. The highest BCUT2D eigenvalue weighted by atomic mass is 16.4. The lowest BCUT2D eigenvalue weighted by molar-refractivity contribution is -0.145. The number of benzene rings is 1. The number of nitrogens with zero attached hydrogens (tertiary/aromatic N) is 4. The van der Waals surface area contributed by atoms with Crippen molar-refractivity contribution in [1.29, 1.82) is 0 Å². The number of carbonyl (C=O) groups is 4. The highest BCUT2D eigenvalue weighted by Gasteiger charge is 2.28. The minimum Gasteiger partial charge on any atom is -0.480 e. The quantitative estimate of drug-likeness (QED) is 0.356. The Morgan fingerprint density at radius 3 is 1.24 bits per heavy atom. The Hall–Kier alpha value is -3.06. The van der Waals surface area contributed by atoms with E-state index < -0.39 is 42.0 Å². The summed E-state index contributed by atoms with van der Waals surface area (Å²) in [5.41, 5.74) is 1.06. The van der Waals surface area contributed by atoms with Crippen LogP contribution >= 0.6 is 0 Å². The first-order valence-corrected chi connectivity index (χ1v) is 12.4. The second kappa shape index (κ2) is 14.0. The Balaban J connectivity index is 2.30. The topological polar surface area (TPSA) is 162 Å². The molecule has 0 bridgehead atoms. The van der Waals surface area contributed by atoms with Gasteiger partial charge in [0.25, 0.3) is 0 Å². The van der Waals surface area contributed by atoms with Gasteiger partial charge in [0.2, 0.25) is 0 Å². The zero-order valence-corrected chi connectivity index (χ0v) is 21.6. The van der Waals surface area contributed by atoms with Crippen molar-refractivity contribution in [2.75, 3.05) is 52.4 Å². The molecular formula is C25H38N4O8. The molecule has 0 saturated carbocycles. The van der Waals surface area contributed by atoms with Gasteiger partial charge in [0.1, 0.15) is 18.1 Å². The van der Waals surface area contributed by atoms with Crippen LogP contribution in [-0.2, 0) is 20.9 Å². The molecule has 0 spiro atoms. The van der Waals surface area contributed by atoms with Crippen LogP contribution in [0.3, 0.4) is 0 Å². The lowest BCUT2D eigenvalue weighted by Gasteiger charge is -2.37. The number of rotatable bonds is 9. The van der Waals surface area contributed by atoms with E-state index in [0.29, 0.717) is 58.9 Å². The van der Waals surface area contributed by atoms with E-state index in [-0.39, 0.29) is 5.56 Å². The lowest BCUT2D eigenvalue weighted by Crippen LogP contribution is -2.53. The first-order chi connectivity index (χ1) is 17.4. The summed E-state index contributed by atoms with van der Waals surface area (Å²) >= 11 is 0. The van der Waals surface area contributed by atoms with Crippen LogP contribution in [0.2, 0.25) is 0 Å². The average Bonchev–Trinajstić information content (AvgIpc) is 2.84. The fourth-order valence-corrected chi connectivity index (χ4v) is 4.30. The predicted octanol–water partition coefficient (Wildman–Crippen LogP) is 0.526. The normalized spacial score (nSPS) is 20.2. The first kappa shape index (κ1) is 30.2. The predicted molar refractivity (Wildman–Crippen MR) is 135 cm³/mol. The van der Waals surface area contributed by atoms with Crippen LogP contribution in [0.15, 0.2) is 24.3 Å². The van der Waals surface area contributed by atoms with Crippen molar-refractivity contribution in [1.82, 2.24) is 19.6 Å². The van der Waals surface area contributed by atoms with Gasteiger partial charge >= 0.3 is 23.9 Å². The van der Waals surface area contributed by atoms with E-state index >= 15 is 0 Å². The van der Waals surface area contributed by atoms with E-state index in [1.807, 2.05) is 9.80 Å². The molecule has 1 saturated heterocycles. The fourth-order valence-electron chi connectivity index (χ4n) is 4.30. The smallest absolute Gasteiger partial charge is 0.335 e. The number of hydrogen-bond acceptors (Lipinski definition) is 8. The minimum atomic E-state index is -1.01. The summed E-state index contributed by atoms with van der Waals surface area (Å²) in [6.07, 6.45) is 0. The summed E-state index contributed by atoms with van der Waals surface area (Å²) in [5.74, 6) is -3.95. The zero-order chi connectivity index (χ0) is 27.7. The zero-order valence-electron chi connectivity index (χ0n) is 21.6. The molecule has 12 nitrogen and oxygen atoms in total. The van der Waals surface area contributed by atoms with Crippen LogP contribution < -0.4 is 0 Å². The van der Waals surface area contributed by atoms with Crippen molar-refractivity contribution in [3.63, 3.8) is 0 Å². The molecule has 0 aliphatic carbocycles. The summed E-state index contributed by atoms with van der Waals surface area (Å²) < 4.78 is 0. The molecular weight excluding hydrogens is 484 g/mol. The summed E-state index contributed by atoms with van der Waals surface area (Å²) in [7, 11) is 0. The van der Waals surface area contributed by atoms with Crippen LogP contribution in [0.4, 0.5) is 0 Å². The average molecular weight is 523 g/mol. The van der Waals surface area contributed by atoms with Gasteiger partial charge in [-0.1, -0.05) is 12.1 Å². The van der Waals surface area contributed by atoms with Crippen molar-refractivity contribution in [3.05, 3.63) is 35.4 Å². The molecule has 1 aromatic carbocycles. The molecule has 12 heteroatoms. The maximum Gasteiger partial charge on any atom is 0.335 e. The Kier molecular flexibility index (Phi) is 11.4. The molecule has 2 rings (SSSR count). The molecule has 0 amide bonds. The largest absolute Gasteiger partial charge is 0.480 e. The molecule has 1 aliphatic heterocycles. The van der Waals surface area contributed by atoms with E-state index in [1.165, 1.54) is 12.1 Å². The molecule has 1 aromatic rings. The number of carboxylic acid groups (broad SMARTS) is 4. The molecule has 37 heavy (non-hydrogen) atoms. The summed E-state index contributed by atoms with van der Waals surface area (Å²) in [5, 5.41) is 38.0. The monoisotopic (exact) mass is 522 g/mol. The van der Waals surface area contributed by atoms with Gasteiger partial charge < -0.3 is 20.4 Å². The van der Waals surface area contributed by atoms with Gasteiger partial charge in [-0.2, -0.15) is 0 Å². The maximum atomic E-state index is 11.8. The SMILES string of the molecule is CC(C(=O)O)N1CCN(Cc2ccc(C(=O)O)cc2)CCN(C(C)C(=O)O)CCN(C(C)C(=O)O)CC1. The van der Waals surface area contributed by atoms with Crippen LogP contribution in [0.5, 0.6) is 0 Å². The van der Waals surface area contributed by atoms with Gasteiger partial charge in [-0.3, -0.25) is 34.0 Å². The number of carboxylic acids is 4. The number of hydrogen-bond donors (Lipinski definition) is 4. The van der Waals surface area contributed by atoms with Crippen molar-refractivity contribution in [2.45, 2.75) is 45.4 Å². The van der Waals surface area contributed by atoms with E-state index in [0.717, 1.165) is 5.56 Å². The van der Waals surface area contributed by atoms with E-state index in [4.69, 9.17) is 5.11 Å². The molecule has 1 fully saturated rings. The van der Waals surface area contributed by atoms with Gasteiger partial charge in [0.05, 0.1) is 5.56 Å². The number of aliphatic carboxylic acids is 3. The minimum absolute atomic E-state index is 0.181. The van der Waals surface area contributed by atoms with E-state index in [9.17, 15) is 34.5 Å². The third-order valence-corrected chi connectivity index (χ3v) is 7.08. The molecule has 1 heterocycles.